The molecule has 2 saturated heterocycles. The zero-order valence-electron chi connectivity index (χ0n) is 55.0. The third kappa shape index (κ3) is 19.3. The SMILES string of the molecule is CCN[C@@H](C)C(=O)N[C@H](C(=O)N1CC[C@H](OC)[C@H]1CN(CCc1ccccc1)C(=O)CNC(=O)c1ccc(-c2ccc(C(=O)NCC(=O)N(CCc3ccccc3)C[C@H]3[C@@H](OC)CCN3C(=O)[C@@H](NC(=O)[C@H](C)NCC)C3CCCCC3)cc2)cc1)C1CCCCC1. The number of amides is 8. The minimum Gasteiger partial charge on any atom is -0.379 e. The molecule has 20 nitrogen and oxygen atoms in total. The number of rotatable bonds is 31. The van der Waals surface area contributed by atoms with Crippen molar-refractivity contribution < 1.29 is 47.8 Å². The monoisotopic (exact) mass is 1260 g/mol. The van der Waals surface area contributed by atoms with Crippen LogP contribution < -0.4 is 31.9 Å². The fourth-order valence-electron chi connectivity index (χ4n) is 13.9. The maximum atomic E-state index is 14.8. The minimum absolute atomic E-state index is 0.00502. The first-order chi connectivity index (χ1) is 44.6. The van der Waals surface area contributed by atoms with Crippen LogP contribution in [0.2, 0.25) is 0 Å². The zero-order chi connectivity index (χ0) is 65.5. The molecule has 498 valence electrons. The fraction of sp³-hybridized carbons (Fsp3) is 0.556. The van der Waals surface area contributed by atoms with Crippen LogP contribution in [0.5, 0.6) is 0 Å². The number of likely N-dealkylation sites (N-methyl/N-ethyl adjacent to an activating group) is 2. The average Bonchev–Trinajstić information content (AvgIpc) is 1.68. The molecular formula is C72H100N10O10. The van der Waals surface area contributed by atoms with Gasteiger partial charge in [-0.05, 0) is 137 Å². The highest BCUT2D eigenvalue weighted by Crippen LogP contribution is 2.33. The number of nitrogens with zero attached hydrogens (tertiary/aromatic N) is 4. The molecule has 0 unspecified atom stereocenters. The van der Waals surface area contributed by atoms with Crippen LogP contribution in [0.4, 0.5) is 0 Å². The Hall–Kier alpha value is -7.52. The molecule has 4 aromatic carbocycles. The first kappa shape index (κ1) is 70.4. The van der Waals surface area contributed by atoms with Crippen molar-refractivity contribution in [3.05, 3.63) is 131 Å². The number of nitrogens with one attached hydrogen (secondary N) is 6. The molecule has 0 bridgehead atoms. The number of likely N-dealkylation sites (tertiary alicyclic amines) is 2. The summed E-state index contributed by atoms with van der Waals surface area (Å²) in [7, 11) is 3.24. The van der Waals surface area contributed by atoms with Gasteiger partial charge in [0.15, 0.2) is 0 Å². The summed E-state index contributed by atoms with van der Waals surface area (Å²) in [4.78, 5) is 120. The number of hydrogen-bond donors (Lipinski definition) is 6. The molecule has 0 radical (unpaired) electrons. The zero-order valence-corrected chi connectivity index (χ0v) is 55.0. The van der Waals surface area contributed by atoms with Crippen LogP contribution in [0.1, 0.15) is 137 Å². The second-order valence-electron chi connectivity index (χ2n) is 25.3. The number of methoxy groups -OCH3 is 2. The summed E-state index contributed by atoms with van der Waals surface area (Å²) in [6, 6.07) is 30.3. The summed E-state index contributed by atoms with van der Waals surface area (Å²) < 4.78 is 12.0. The minimum atomic E-state index is -0.705. The smallest absolute Gasteiger partial charge is 0.251 e. The summed E-state index contributed by atoms with van der Waals surface area (Å²) in [5.41, 5.74) is 4.32. The van der Waals surface area contributed by atoms with Crippen molar-refractivity contribution in [1.82, 2.24) is 51.5 Å². The van der Waals surface area contributed by atoms with Gasteiger partial charge in [-0.3, -0.25) is 38.4 Å². The molecule has 8 rings (SSSR count). The van der Waals surface area contributed by atoms with Gasteiger partial charge in [0.2, 0.25) is 35.4 Å². The Bertz CT molecular complexity index is 2830. The molecule has 2 aliphatic carbocycles. The van der Waals surface area contributed by atoms with Gasteiger partial charge >= 0.3 is 0 Å². The molecule has 8 amide bonds. The lowest BCUT2D eigenvalue weighted by atomic mass is 9.83. The molecule has 20 heteroatoms. The maximum absolute atomic E-state index is 14.8. The highest BCUT2D eigenvalue weighted by atomic mass is 16.5. The Morgan fingerprint density at radius 2 is 0.848 bits per heavy atom. The fourth-order valence-corrected chi connectivity index (χ4v) is 13.9. The quantitative estimate of drug-likeness (QED) is 0.0325. The number of carbonyl (C=O) groups is 8. The highest BCUT2D eigenvalue weighted by molar-refractivity contribution is 5.98. The van der Waals surface area contributed by atoms with E-state index in [1.807, 2.05) is 84.3 Å². The van der Waals surface area contributed by atoms with E-state index in [2.05, 4.69) is 31.9 Å². The van der Waals surface area contributed by atoms with Gasteiger partial charge in [0.25, 0.3) is 11.8 Å². The molecule has 92 heavy (non-hydrogen) atoms. The van der Waals surface area contributed by atoms with Crippen molar-refractivity contribution in [3.63, 3.8) is 0 Å². The lowest BCUT2D eigenvalue weighted by Gasteiger charge is -2.38. The van der Waals surface area contributed by atoms with E-state index < -0.39 is 48.1 Å². The molecule has 4 fully saturated rings. The average molecular weight is 1270 g/mol. The van der Waals surface area contributed by atoms with E-state index in [1.165, 1.54) is 0 Å². The van der Waals surface area contributed by atoms with E-state index in [0.29, 0.717) is 76.1 Å². The molecule has 8 atom stereocenters. The van der Waals surface area contributed by atoms with Crippen LogP contribution in [0.25, 0.3) is 11.1 Å². The van der Waals surface area contributed by atoms with Crippen LogP contribution in [0.15, 0.2) is 109 Å². The van der Waals surface area contributed by atoms with E-state index in [4.69, 9.17) is 9.47 Å². The third-order valence-electron chi connectivity index (χ3n) is 19.3. The predicted molar refractivity (Wildman–Crippen MR) is 355 cm³/mol. The summed E-state index contributed by atoms with van der Waals surface area (Å²) in [5.74, 6) is -2.27. The number of ether oxygens (including phenoxy) is 2. The van der Waals surface area contributed by atoms with Crippen molar-refractivity contribution in [2.45, 2.75) is 166 Å². The molecular weight excluding hydrogens is 1160 g/mol. The first-order valence-electron chi connectivity index (χ1n) is 33.7. The van der Waals surface area contributed by atoms with E-state index >= 15 is 0 Å². The molecule has 2 heterocycles. The highest BCUT2D eigenvalue weighted by Gasteiger charge is 2.46. The molecule has 4 aromatic rings. The summed E-state index contributed by atoms with van der Waals surface area (Å²) in [6.45, 7) is 9.98. The van der Waals surface area contributed by atoms with Crippen molar-refractivity contribution in [3.8, 4) is 11.1 Å². The Balaban J connectivity index is 0.891. The van der Waals surface area contributed by atoms with Gasteiger partial charge in [-0.25, -0.2) is 0 Å². The van der Waals surface area contributed by atoms with Crippen LogP contribution in [-0.4, -0.2) is 195 Å². The Morgan fingerprint density at radius 1 is 0.489 bits per heavy atom. The van der Waals surface area contributed by atoms with Crippen LogP contribution in [-0.2, 0) is 51.1 Å². The largest absolute Gasteiger partial charge is 0.379 e. The van der Waals surface area contributed by atoms with Crippen molar-refractivity contribution >= 4 is 47.3 Å². The van der Waals surface area contributed by atoms with Crippen LogP contribution in [0.3, 0.4) is 0 Å². The lowest BCUT2D eigenvalue weighted by molar-refractivity contribution is -0.142. The number of benzene rings is 4. The van der Waals surface area contributed by atoms with Crippen molar-refractivity contribution in [1.29, 1.82) is 0 Å². The Kier molecular flexibility index (Phi) is 27.1. The first-order valence-corrected chi connectivity index (χ1v) is 33.7. The Labute approximate surface area is 544 Å². The lowest BCUT2D eigenvalue weighted by Crippen LogP contribution is -2.59. The summed E-state index contributed by atoms with van der Waals surface area (Å²) in [6.07, 6.45) is 11.1. The van der Waals surface area contributed by atoms with Gasteiger partial charge in [-0.1, -0.05) is 137 Å². The number of hydrogen-bond acceptors (Lipinski definition) is 12. The maximum Gasteiger partial charge on any atom is 0.251 e. The second-order valence-corrected chi connectivity index (χ2v) is 25.3. The van der Waals surface area contributed by atoms with Gasteiger partial charge in [0.1, 0.15) is 12.1 Å². The molecule has 4 aliphatic rings. The normalized spacial score (nSPS) is 19.9. The molecule has 0 aromatic heterocycles. The van der Waals surface area contributed by atoms with Gasteiger partial charge in [-0.15, -0.1) is 0 Å². The van der Waals surface area contributed by atoms with Gasteiger partial charge < -0.3 is 61.0 Å². The van der Waals surface area contributed by atoms with Gasteiger partial charge in [0, 0.05) is 64.6 Å². The predicted octanol–water partition coefficient (Wildman–Crippen LogP) is 6.31. The standard InChI is InChI=1S/C72H100N10O10/c1-7-73-49(3)67(85)77-65(55-25-17-11-18-26-55)71(89)81-43-39-61(91-5)59(81)47-79(41-37-51-21-13-9-14-22-51)63(83)45-75-69(87)57-33-29-53(30-34-57)54-31-35-58(36-32-54)70(88)76-46-64(84)80(42-38-52-23-15-10-16-24-52)48-60-62(92-6)40-44-82(60)72(90)66(56-27-19-12-20-28-56)78-68(86)50(4)74-8-2/h9-10,13-16,21-24,29-36,49-50,55-56,59-62,65-66,73-74H,7-8,11-12,17-20,25-28,37-48H2,1-6H3,(H,75,87)(H,76,88)(H,77,85)(H,78,86)/t49-,50-,59-,60+,61-,62-,65-,66-/m0/s1. The summed E-state index contributed by atoms with van der Waals surface area (Å²) >= 11 is 0. The third-order valence-corrected chi connectivity index (χ3v) is 19.3. The van der Waals surface area contributed by atoms with Gasteiger partial charge in [-0.2, -0.15) is 0 Å². The van der Waals surface area contributed by atoms with Crippen molar-refractivity contribution in [2.75, 3.05) is 79.7 Å². The molecule has 2 saturated carbocycles. The van der Waals surface area contributed by atoms with Crippen LogP contribution in [0, 0.1) is 11.8 Å². The van der Waals surface area contributed by atoms with E-state index in [0.717, 1.165) is 86.5 Å². The number of carbonyl (C=O) groups excluding carboxylic acids is 8. The van der Waals surface area contributed by atoms with E-state index in [1.54, 1.807) is 86.4 Å². The van der Waals surface area contributed by atoms with E-state index in [9.17, 15) is 38.4 Å². The van der Waals surface area contributed by atoms with E-state index in [-0.39, 0.29) is 85.7 Å². The van der Waals surface area contributed by atoms with Gasteiger partial charge in [0.05, 0.1) is 49.5 Å². The summed E-state index contributed by atoms with van der Waals surface area (Å²) in [5, 5.41) is 18.3. The molecule has 0 spiro atoms. The Morgan fingerprint density at radius 3 is 1.18 bits per heavy atom. The second kappa shape index (κ2) is 35.5. The van der Waals surface area contributed by atoms with Crippen LogP contribution >= 0.6 is 0 Å². The van der Waals surface area contributed by atoms with Crippen molar-refractivity contribution in [2.24, 2.45) is 11.8 Å². The molecule has 2 aliphatic heterocycles. The molecule has 6 N–H and O–H groups in total. The topological polar surface area (TPSA) is 240 Å².